The number of ether oxygens (including phenoxy) is 1. The summed E-state index contributed by atoms with van der Waals surface area (Å²) in [6.07, 6.45) is -4.48. The van der Waals surface area contributed by atoms with E-state index in [1.54, 1.807) is 6.92 Å². The first kappa shape index (κ1) is 25.7. The summed E-state index contributed by atoms with van der Waals surface area (Å²) in [5, 5.41) is 0.855. The number of hydrogen-bond donors (Lipinski definition) is 0. The molecule has 1 aromatic heterocycles. The second-order valence-electron chi connectivity index (χ2n) is 7.22. The molecule has 0 aliphatic rings. The van der Waals surface area contributed by atoms with Crippen molar-refractivity contribution >= 4 is 29.1 Å². The molecule has 174 valence electrons. The minimum atomic E-state index is -4.48. The van der Waals surface area contributed by atoms with Crippen LogP contribution in [0, 0.1) is 0 Å². The van der Waals surface area contributed by atoms with E-state index in [-0.39, 0.29) is 24.7 Å². The van der Waals surface area contributed by atoms with Gasteiger partial charge in [0.1, 0.15) is 5.69 Å². The van der Waals surface area contributed by atoms with Gasteiger partial charge in [-0.2, -0.15) is 13.2 Å². The summed E-state index contributed by atoms with van der Waals surface area (Å²) < 4.78 is 47.5. The molecule has 3 rings (SSSR count). The first-order valence-electron chi connectivity index (χ1n) is 10.5. The van der Waals surface area contributed by atoms with Gasteiger partial charge in [-0.1, -0.05) is 50.2 Å². The molecule has 1 heterocycles. The number of likely N-dealkylation sites (N-methyl/N-ethyl adjacent to an activating group) is 1. The maximum absolute atomic E-state index is 13.5. The molecule has 0 atom stereocenters. The number of carbonyl (C=O) groups is 1. The Morgan fingerprint density at radius 3 is 2.22 bits per heavy atom. The van der Waals surface area contributed by atoms with Crippen LogP contribution in [0.15, 0.2) is 48.5 Å². The highest BCUT2D eigenvalue weighted by Crippen LogP contribution is 2.39. The average Bonchev–Trinajstić information content (AvgIpc) is 3.08. The minimum Gasteiger partial charge on any atom is -0.461 e. The number of aromatic nitrogens is 1. The third-order valence-corrected chi connectivity index (χ3v) is 5.45. The predicted molar refractivity (Wildman–Crippen MR) is 123 cm³/mol. The number of alkyl halides is 3. The van der Waals surface area contributed by atoms with Crippen molar-refractivity contribution in [2.75, 3.05) is 26.2 Å². The highest BCUT2D eigenvalue weighted by Gasteiger charge is 2.32. The zero-order chi connectivity index (χ0) is 22.6. The molecule has 32 heavy (non-hydrogen) atoms. The Morgan fingerprint density at radius 2 is 1.66 bits per heavy atom. The fourth-order valence-corrected chi connectivity index (χ4v) is 3.86. The quantitative estimate of drug-likeness (QED) is 0.365. The van der Waals surface area contributed by atoms with E-state index in [4.69, 9.17) is 4.74 Å². The number of esters is 1. The molecule has 2 aromatic carbocycles. The lowest BCUT2D eigenvalue weighted by Gasteiger charge is -2.20. The molecule has 0 saturated carbocycles. The molecule has 0 N–H and O–H groups in total. The summed E-state index contributed by atoms with van der Waals surface area (Å²) in [6.45, 7) is 8.79. The number of benzene rings is 2. The lowest BCUT2D eigenvalue weighted by Crippen LogP contribution is -2.28. The van der Waals surface area contributed by atoms with Gasteiger partial charge in [0, 0.05) is 23.9 Å². The first-order valence-corrected chi connectivity index (χ1v) is 10.5. The summed E-state index contributed by atoms with van der Waals surface area (Å²) >= 11 is 0. The zero-order valence-electron chi connectivity index (χ0n) is 18.4. The number of rotatable bonds is 8. The Hall–Kier alpha value is -2.51. The lowest BCUT2D eigenvalue weighted by molar-refractivity contribution is -0.137. The molecule has 0 aliphatic carbocycles. The topological polar surface area (TPSA) is 34.5 Å². The Bertz CT molecular complexity index is 1040. The summed E-state index contributed by atoms with van der Waals surface area (Å²) in [5.74, 6) is -0.533. The van der Waals surface area contributed by atoms with Crippen molar-refractivity contribution in [2.24, 2.45) is 0 Å². The van der Waals surface area contributed by atoms with Crippen molar-refractivity contribution in [1.82, 2.24) is 9.47 Å². The molecular weight excluding hydrogens is 441 g/mol. The smallest absolute Gasteiger partial charge is 0.416 e. The van der Waals surface area contributed by atoms with Crippen LogP contribution in [0.4, 0.5) is 13.2 Å². The molecule has 3 aromatic rings. The molecule has 0 radical (unpaired) electrons. The van der Waals surface area contributed by atoms with Gasteiger partial charge < -0.3 is 14.2 Å². The Balaban J connectivity index is 0.00000363. The van der Waals surface area contributed by atoms with Crippen molar-refractivity contribution in [2.45, 2.75) is 33.5 Å². The lowest BCUT2D eigenvalue weighted by atomic mass is 10.0. The molecule has 0 bridgehead atoms. The van der Waals surface area contributed by atoms with Crippen LogP contribution in [0.2, 0.25) is 0 Å². The highest BCUT2D eigenvalue weighted by molar-refractivity contribution is 6.09. The summed E-state index contributed by atoms with van der Waals surface area (Å²) in [7, 11) is 0. The molecule has 0 saturated heterocycles. The van der Waals surface area contributed by atoms with Crippen molar-refractivity contribution in [1.29, 1.82) is 0 Å². The Morgan fingerprint density at radius 1 is 1.00 bits per heavy atom. The Labute approximate surface area is 192 Å². The number of fused-ring (bicyclic) bond motifs is 1. The number of nitrogens with zero attached hydrogens (tertiary/aromatic N) is 2. The van der Waals surface area contributed by atoms with Gasteiger partial charge in [0.15, 0.2) is 0 Å². The van der Waals surface area contributed by atoms with Crippen LogP contribution < -0.4 is 0 Å². The number of hydrogen-bond acceptors (Lipinski definition) is 3. The molecule has 0 unspecified atom stereocenters. The molecule has 0 spiro atoms. The van der Waals surface area contributed by atoms with E-state index in [1.807, 2.05) is 34.9 Å². The second-order valence-corrected chi connectivity index (χ2v) is 7.22. The van der Waals surface area contributed by atoms with E-state index in [0.29, 0.717) is 29.6 Å². The van der Waals surface area contributed by atoms with Gasteiger partial charge in [0.2, 0.25) is 0 Å². The van der Waals surface area contributed by atoms with Gasteiger partial charge in [-0.3, -0.25) is 0 Å². The van der Waals surface area contributed by atoms with Gasteiger partial charge in [-0.15, -0.1) is 12.4 Å². The largest absolute Gasteiger partial charge is 0.461 e. The van der Waals surface area contributed by atoms with Crippen LogP contribution in [0.1, 0.15) is 36.8 Å². The van der Waals surface area contributed by atoms with Crippen LogP contribution >= 0.6 is 12.4 Å². The van der Waals surface area contributed by atoms with Crippen molar-refractivity contribution in [3.63, 3.8) is 0 Å². The van der Waals surface area contributed by atoms with E-state index in [2.05, 4.69) is 18.7 Å². The van der Waals surface area contributed by atoms with E-state index in [9.17, 15) is 18.0 Å². The molecule has 4 nitrogen and oxygen atoms in total. The van der Waals surface area contributed by atoms with Crippen molar-refractivity contribution in [3.05, 3.63) is 59.8 Å². The monoisotopic (exact) mass is 468 g/mol. The normalized spacial score (nSPS) is 11.6. The number of carbonyl (C=O) groups excluding carboxylic acids is 1. The maximum atomic E-state index is 13.5. The fraction of sp³-hybridized carbons (Fsp3) is 0.375. The summed E-state index contributed by atoms with van der Waals surface area (Å²) in [6, 6.07) is 12.7. The minimum absolute atomic E-state index is 0. The first-order chi connectivity index (χ1) is 14.8. The van der Waals surface area contributed by atoms with Crippen LogP contribution in [0.3, 0.4) is 0 Å². The standard InChI is InChI=1S/C24H27F3N2O2.ClH/c1-4-28(5-2)14-15-29-21(17-10-8-7-9-11-17)20-16-18(24(25,26)27)12-13-19(20)22(29)23(30)31-6-3;/h7-13,16H,4-6,14-15H2,1-3H3;1H. The molecular formula is C24H28ClF3N2O2. The fourth-order valence-electron chi connectivity index (χ4n) is 3.86. The SMILES string of the molecule is CCOC(=O)c1c2ccc(C(F)(F)F)cc2c(-c2ccccc2)n1CCN(CC)CC.Cl. The predicted octanol–water partition coefficient (Wildman–Crippen LogP) is 6.27. The molecule has 0 fully saturated rings. The van der Waals surface area contributed by atoms with Crippen LogP contribution in [-0.4, -0.2) is 41.7 Å². The molecule has 0 aliphatic heterocycles. The third kappa shape index (κ3) is 5.27. The van der Waals surface area contributed by atoms with E-state index < -0.39 is 17.7 Å². The van der Waals surface area contributed by atoms with Gasteiger partial charge in [0.25, 0.3) is 0 Å². The van der Waals surface area contributed by atoms with Crippen LogP contribution in [-0.2, 0) is 17.5 Å². The van der Waals surface area contributed by atoms with Crippen LogP contribution in [0.25, 0.3) is 22.0 Å². The summed E-state index contributed by atoms with van der Waals surface area (Å²) in [5.41, 5.74) is 0.892. The number of halogens is 4. The third-order valence-electron chi connectivity index (χ3n) is 5.45. The average molecular weight is 469 g/mol. The molecule has 0 amide bonds. The second kappa shape index (κ2) is 10.9. The van der Waals surface area contributed by atoms with E-state index >= 15 is 0 Å². The zero-order valence-corrected chi connectivity index (χ0v) is 19.2. The summed E-state index contributed by atoms with van der Waals surface area (Å²) in [4.78, 5) is 15.1. The van der Waals surface area contributed by atoms with Gasteiger partial charge in [-0.25, -0.2) is 4.79 Å². The van der Waals surface area contributed by atoms with E-state index in [0.717, 1.165) is 30.8 Å². The maximum Gasteiger partial charge on any atom is 0.416 e. The molecule has 8 heteroatoms. The van der Waals surface area contributed by atoms with Crippen molar-refractivity contribution < 1.29 is 22.7 Å². The highest BCUT2D eigenvalue weighted by atomic mass is 35.5. The van der Waals surface area contributed by atoms with Gasteiger partial charge in [0.05, 0.1) is 17.9 Å². The van der Waals surface area contributed by atoms with Gasteiger partial charge >= 0.3 is 12.1 Å². The van der Waals surface area contributed by atoms with Crippen molar-refractivity contribution in [3.8, 4) is 11.3 Å². The van der Waals surface area contributed by atoms with Gasteiger partial charge in [-0.05, 0) is 37.7 Å². The Kier molecular flexibility index (Phi) is 8.75. The van der Waals surface area contributed by atoms with E-state index in [1.165, 1.54) is 6.07 Å². The van der Waals surface area contributed by atoms with Crippen LogP contribution in [0.5, 0.6) is 0 Å².